The second-order valence-electron chi connectivity index (χ2n) is 9.42. The van der Waals surface area contributed by atoms with Gasteiger partial charge in [-0.15, -0.1) is 0 Å². The fourth-order valence-corrected chi connectivity index (χ4v) is 5.13. The van der Waals surface area contributed by atoms with Crippen LogP contribution in [-0.4, -0.2) is 40.5 Å². The van der Waals surface area contributed by atoms with Crippen molar-refractivity contribution in [2.75, 3.05) is 13.2 Å². The third-order valence-corrected chi connectivity index (χ3v) is 6.69. The number of aromatic nitrogens is 1. The van der Waals surface area contributed by atoms with Crippen LogP contribution in [0.25, 0.3) is 6.08 Å². The smallest absolute Gasteiger partial charge is 0.349 e. The van der Waals surface area contributed by atoms with Crippen LogP contribution in [0.4, 0.5) is 0 Å². The fourth-order valence-electron chi connectivity index (χ4n) is 5.13. The molecule has 1 aliphatic heterocycles. The van der Waals surface area contributed by atoms with Gasteiger partial charge >= 0.3 is 5.97 Å². The Kier molecular flexibility index (Phi) is 7.59. The maximum Gasteiger partial charge on any atom is 0.349 e. The highest BCUT2D eigenvalue weighted by atomic mass is 16.5. The Morgan fingerprint density at radius 1 is 1.23 bits per heavy atom. The first kappa shape index (κ1) is 23.1. The molecule has 1 aliphatic carbocycles. The summed E-state index contributed by atoms with van der Waals surface area (Å²) in [5.74, 6) is 0.198. The van der Waals surface area contributed by atoms with Crippen molar-refractivity contribution >= 4 is 18.0 Å². The number of nitrogens with zero attached hydrogens (tertiary/aromatic N) is 3. The van der Waals surface area contributed by atoms with Crippen LogP contribution >= 0.6 is 0 Å². The minimum atomic E-state index is -0.735. The molecule has 2 aliphatic rings. The molecule has 2 atom stereocenters. The van der Waals surface area contributed by atoms with Crippen LogP contribution in [0.15, 0.2) is 11.6 Å². The lowest BCUT2D eigenvalue weighted by atomic mass is 9.78. The Bertz CT molecular complexity index is 889. The van der Waals surface area contributed by atoms with Crippen molar-refractivity contribution in [1.82, 2.24) is 9.47 Å². The third-order valence-electron chi connectivity index (χ3n) is 6.69. The van der Waals surface area contributed by atoms with Gasteiger partial charge in [-0.3, -0.25) is 4.79 Å². The van der Waals surface area contributed by atoms with Crippen LogP contribution in [-0.2, 0) is 20.9 Å². The number of likely N-dealkylation sites (tertiary alicyclic amines) is 1. The molecule has 2 heterocycles. The monoisotopic (exact) mass is 425 g/mol. The zero-order chi connectivity index (χ0) is 22.5. The standard InChI is InChI=1S/C25H35N3O3/c1-17(2)15-28-18(3)12-21(19(28)4)13-22(14-26)25(30)31-16-24(29)27-11-7-9-20-8-5-6-10-23(20)27/h12-13,17,20,23H,5-11,15-16H2,1-4H3/b22-13+/t20-,23+/m1/s1. The average Bonchev–Trinajstić information content (AvgIpc) is 3.02. The van der Waals surface area contributed by atoms with Crippen molar-refractivity contribution in [2.24, 2.45) is 11.8 Å². The average molecular weight is 426 g/mol. The number of esters is 1. The van der Waals surface area contributed by atoms with Crippen LogP contribution in [0.2, 0.25) is 0 Å². The minimum absolute atomic E-state index is 0.0771. The minimum Gasteiger partial charge on any atom is -0.451 e. The molecular weight excluding hydrogens is 390 g/mol. The topological polar surface area (TPSA) is 75.3 Å². The van der Waals surface area contributed by atoms with Gasteiger partial charge in [0.2, 0.25) is 0 Å². The molecule has 0 N–H and O–H groups in total. The number of ether oxygens (including phenoxy) is 1. The quantitative estimate of drug-likeness (QED) is 0.385. The Balaban J connectivity index is 1.65. The number of hydrogen-bond acceptors (Lipinski definition) is 4. The molecule has 1 aromatic heterocycles. The molecule has 2 fully saturated rings. The second kappa shape index (κ2) is 10.2. The number of carbonyl (C=O) groups excluding carboxylic acids is 2. The highest BCUT2D eigenvalue weighted by Crippen LogP contribution is 2.35. The predicted octanol–water partition coefficient (Wildman–Crippen LogP) is 4.39. The van der Waals surface area contributed by atoms with E-state index in [1.807, 2.05) is 30.9 Å². The van der Waals surface area contributed by atoms with Crippen LogP contribution in [0.5, 0.6) is 0 Å². The maximum absolute atomic E-state index is 12.8. The summed E-state index contributed by atoms with van der Waals surface area (Å²) in [7, 11) is 0. The van der Waals surface area contributed by atoms with Crippen molar-refractivity contribution in [1.29, 1.82) is 5.26 Å². The lowest BCUT2D eigenvalue weighted by Gasteiger charge is -2.44. The Morgan fingerprint density at radius 2 is 1.94 bits per heavy atom. The summed E-state index contributed by atoms with van der Waals surface area (Å²) in [6.07, 6.45) is 8.39. The van der Waals surface area contributed by atoms with Gasteiger partial charge in [0.25, 0.3) is 5.91 Å². The molecule has 0 radical (unpaired) electrons. The molecule has 6 heteroatoms. The Morgan fingerprint density at radius 3 is 2.65 bits per heavy atom. The molecule has 0 spiro atoms. The second-order valence-corrected chi connectivity index (χ2v) is 9.42. The number of hydrogen-bond donors (Lipinski definition) is 0. The first-order valence-electron chi connectivity index (χ1n) is 11.6. The van der Waals surface area contributed by atoms with Gasteiger partial charge in [0.1, 0.15) is 11.6 Å². The van der Waals surface area contributed by atoms with E-state index in [4.69, 9.17) is 4.74 Å². The number of carbonyl (C=O) groups is 2. The van der Waals surface area contributed by atoms with Gasteiger partial charge in [-0.2, -0.15) is 5.26 Å². The van der Waals surface area contributed by atoms with Gasteiger partial charge in [0.15, 0.2) is 6.61 Å². The number of fused-ring (bicyclic) bond motifs is 1. The van der Waals surface area contributed by atoms with E-state index in [2.05, 4.69) is 18.4 Å². The van der Waals surface area contributed by atoms with Crippen LogP contribution in [0.3, 0.4) is 0 Å². The van der Waals surface area contributed by atoms with E-state index in [-0.39, 0.29) is 24.1 Å². The van der Waals surface area contributed by atoms with Crippen molar-refractivity contribution in [3.8, 4) is 6.07 Å². The lowest BCUT2D eigenvalue weighted by Crippen LogP contribution is -2.50. The van der Waals surface area contributed by atoms with Gasteiger partial charge in [-0.1, -0.05) is 26.7 Å². The predicted molar refractivity (Wildman–Crippen MR) is 120 cm³/mol. The van der Waals surface area contributed by atoms with E-state index in [0.717, 1.165) is 49.3 Å². The zero-order valence-corrected chi connectivity index (χ0v) is 19.3. The van der Waals surface area contributed by atoms with Crippen LogP contribution in [0.1, 0.15) is 69.3 Å². The van der Waals surface area contributed by atoms with E-state index < -0.39 is 5.97 Å². The maximum atomic E-state index is 12.8. The molecule has 1 amide bonds. The SMILES string of the molecule is Cc1cc(/C=C(\C#N)C(=O)OCC(=O)N2CCC[C@H]3CCCC[C@@H]32)c(C)n1CC(C)C. The number of rotatable bonds is 6. The highest BCUT2D eigenvalue weighted by molar-refractivity contribution is 5.99. The molecule has 0 aromatic carbocycles. The summed E-state index contributed by atoms with van der Waals surface area (Å²) < 4.78 is 7.47. The summed E-state index contributed by atoms with van der Waals surface area (Å²) in [5.41, 5.74) is 2.86. The van der Waals surface area contributed by atoms with Crippen LogP contribution < -0.4 is 0 Å². The molecule has 1 saturated heterocycles. The molecule has 0 unspecified atom stereocenters. The van der Waals surface area contributed by atoms with Gasteiger partial charge in [-0.05, 0) is 69.1 Å². The third kappa shape index (κ3) is 5.39. The highest BCUT2D eigenvalue weighted by Gasteiger charge is 2.35. The first-order valence-corrected chi connectivity index (χ1v) is 11.6. The molecular formula is C25H35N3O3. The Hall–Kier alpha value is -2.55. The summed E-state index contributed by atoms with van der Waals surface area (Å²) in [5, 5.41) is 9.52. The zero-order valence-electron chi connectivity index (χ0n) is 19.3. The number of piperidine rings is 1. The molecule has 3 rings (SSSR count). The normalized spacial score (nSPS) is 21.5. The molecule has 31 heavy (non-hydrogen) atoms. The van der Waals surface area contributed by atoms with E-state index >= 15 is 0 Å². The van der Waals surface area contributed by atoms with E-state index in [1.54, 1.807) is 6.08 Å². The van der Waals surface area contributed by atoms with Crippen molar-refractivity contribution in [3.05, 3.63) is 28.6 Å². The molecule has 1 aromatic rings. The number of aryl methyl sites for hydroxylation is 1. The fraction of sp³-hybridized carbons (Fsp3) is 0.640. The summed E-state index contributed by atoms with van der Waals surface area (Å²) in [6.45, 7) is 9.63. The number of nitriles is 1. The van der Waals surface area contributed by atoms with E-state index in [1.165, 1.54) is 19.3 Å². The molecule has 1 saturated carbocycles. The first-order chi connectivity index (χ1) is 14.8. The summed E-state index contributed by atoms with van der Waals surface area (Å²) in [4.78, 5) is 27.2. The van der Waals surface area contributed by atoms with Crippen molar-refractivity contribution in [3.63, 3.8) is 0 Å². The van der Waals surface area contributed by atoms with Gasteiger partial charge in [0.05, 0.1) is 0 Å². The molecule has 168 valence electrons. The molecule has 0 bridgehead atoms. The van der Waals surface area contributed by atoms with Gasteiger partial charge in [0, 0.05) is 30.5 Å². The molecule has 6 nitrogen and oxygen atoms in total. The lowest BCUT2D eigenvalue weighted by molar-refractivity contribution is -0.152. The number of amides is 1. The largest absolute Gasteiger partial charge is 0.451 e. The van der Waals surface area contributed by atoms with Crippen LogP contribution in [0, 0.1) is 37.0 Å². The van der Waals surface area contributed by atoms with Crippen molar-refractivity contribution < 1.29 is 14.3 Å². The summed E-state index contributed by atoms with van der Waals surface area (Å²) in [6, 6.07) is 4.21. The van der Waals surface area contributed by atoms with E-state index in [0.29, 0.717) is 11.8 Å². The van der Waals surface area contributed by atoms with Gasteiger partial charge in [-0.25, -0.2) is 4.79 Å². The Labute approximate surface area is 185 Å². The van der Waals surface area contributed by atoms with E-state index in [9.17, 15) is 14.9 Å². The van der Waals surface area contributed by atoms with Crippen molar-refractivity contribution in [2.45, 2.75) is 78.8 Å². The summed E-state index contributed by atoms with van der Waals surface area (Å²) >= 11 is 0. The van der Waals surface area contributed by atoms with Gasteiger partial charge < -0.3 is 14.2 Å².